The Kier molecular flexibility index (Phi) is 5.58. The van der Waals surface area contributed by atoms with E-state index in [0.717, 1.165) is 53.9 Å². The van der Waals surface area contributed by atoms with Gasteiger partial charge in [-0.2, -0.15) is 0 Å². The fourth-order valence-electron chi connectivity index (χ4n) is 3.20. The van der Waals surface area contributed by atoms with Crippen LogP contribution in [0.3, 0.4) is 0 Å². The number of ether oxygens (including phenoxy) is 1. The molecule has 144 valence electrons. The minimum absolute atomic E-state index is 0.266. The molecule has 0 atom stereocenters. The maximum Gasteiger partial charge on any atom is 0.198 e. The van der Waals surface area contributed by atoms with Crippen LogP contribution in [-0.4, -0.2) is 32.7 Å². The van der Waals surface area contributed by atoms with Crippen LogP contribution in [0, 0.1) is 5.82 Å². The standard InChI is InChI=1S/C22H23FN4O/c1-2-3-14-28-15-6-13-27-21(16-9-11-17(23)12-10-16)26-20-22(27)25-19-8-5-4-7-18(19)24-20/h4-5,7-12H,2-3,6,13-15H2,1H3. The predicted molar refractivity (Wildman–Crippen MR) is 109 cm³/mol. The van der Waals surface area contributed by atoms with Crippen LogP contribution in [0.4, 0.5) is 4.39 Å². The van der Waals surface area contributed by atoms with E-state index in [1.807, 2.05) is 24.3 Å². The summed E-state index contributed by atoms with van der Waals surface area (Å²) >= 11 is 0. The summed E-state index contributed by atoms with van der Waals surface area (Å²) in [5.41, 5.74) is 3.84. The van der Waals surface area contributed by atoms with Crippen molar-refractivity contribution >= 4 is 22.3 Å². The van der Waals surface area contributed by atoms with Gasteiger partial charge in [-0.3, -0.25) is 0 Å². The Morgan fingerprint density at radius 3 is 2.36 bits per heavy atom. The number of unbranched alkanes of at least 4 members (excludes halogenated alkanes) is 1. The molecule has 0 radical (unpaired) electrons. The van der Waals surface area contributed by atoms with Gasteiger partial charge in [0.2, 0.25) is 0 Å². The molecule has 0 bridgehead atoms. The van der Waals surface area contributed by atoms with Crippen LogP contribution in [0.5, 0.6) is 0 Å². The van der Waals surface area contributed by atoms with Gasteiger partial charge in [-0.25, -0.2) is 19.3 Å². The number of hydrogen-bond acceptors (Lipinski definition) is 4. The van der Waals surface area contributed by atoms with Crippen molar-refractivity contribution in [3.63, 3.8) is 0 Å². The zero-order valence-electron chi connectivity index (χ0n) is 15.9. The molecule has 0 aliphatic carbocycles. The van der Waals surface area contributed by atoms with Crippen molar-refractivity contribution in [2.24, 2.45) is 0 Å². The number of benzene rings is 2. The monoisotopic (exact) mass is 378 g/mol. The molecule has 2 aromatic carbocycles. The Balaban J connectivity index is 1.70. The first-order valence-electron chi connectivity index (χ1n) is 9.73. The Hall–Kier alpha value is -2.86. The van der Waals surface area contributed by atoms with Gasteiger partial charge in [0.1, 0.15) is 11.6 Å². The van der Waals surface area contributed by atoms with Gasteiger partial charge in [0.25, 0.3) is 0 Å². The summed E-state index contributed by atoms with van der Waals surface area (Å²) in [7, 11) is 0. The van der Waals surface area contributed by atoms with E-state index in [1.54, 1.807) is 12.1 Å². The van der Waals surface area contributed by atoms with Crippen LogP contribution in [0.15, 0.2) is 48.5 Å². The maximum atomic E-state index is 13.4. The lowest BCUT2D eigenvalue weighted by molar-refractivity contribution is 0.126. The average Bonchev–Trinajstić information content (AvgIpc) is 3.07. The first-order chi connectivity index (χ1) is 13.8. The molecular formula is C22H23FN4O. The number of para-hydroxylation sites is 2. The zero-order valence-corrected chi connectivity index (χ0v) is 15.9. The summed E-state index contributed by atoms with van der Waals surface area (Å²) in [6.07, 6.45) is 3.05. The van der Waals surface area contributed by atoms with Crippen LogP contribution in [0.25, 0.3) is 33.7 Å². The number of hydrogen-bond donors (Lipinski definition) is 0. The number of halogens is 1. The molecule has 6 heteroatoms. The summed E-state index contributed by atoms with van der Waals surface area (Å²) < 4.78 is 21.1. The minimum Gasteiger partial charge on any atom is -0.381 e. The van der Waals surface area contributed by atoms with E-state index in [1.165, 1.54) is 12.1 Å². The fourth-order valence-corrected chi connectivity index (χ4v) is 3.20. The molecule has 0 saturated carbocycles. The van der Waals surface area contributed by atoms with E-state index < -0.39 is 0 Å². The summed E-state index contributed by atoms with van der Waals surface area (Å²) in [4.78, 5) is 14.2. The third-order valence-corrected chi connectivity index (χ3v) is 4.67. The van der Waals surface area contributed by atoms with Gasteiger partial charge < -0.3 is 9.30 Å². The number of aryl methyl sites for hydroxylation is 1. The van der Waals surface area contributed by atoms with Crippen molar-refractivity contribution in [3.05, 3.63) is 54.3 Å². The van der Waals surface area contributed by atoms with Crippen molar-refractivity contribution in [1.29, 1.82) is 0 Å². The molecule has 5 nitrogen and oxygen atoms in total. The van der Waals surface area contributed by atoms with Crippen molar-refractivity contribution in [1.82, 2.24) is 19.5 Å². The zero-order chi connectivity index (χ0) is 19.3. The third-order valence-electron chi connectivity index (χ3n) is 4.67. The summed E-state index contributed by atoms with van der Waals surface area (Å²) in [6, 6.07) is 14.1. The van der Waals surface area contributed by atoms with Gasteiger partial charge in [0, 0.05) is 25.3 Å². The highest BCUT2D eigenvalue weighted by Crippen LogP contribution is 2.25. The Morgan fingerprint density at radius 1 is 0.893 bits per heavy atom. The first-order valence-corrected chi connectivity index (χ1v) is 9.73. The second kappa shape index (κ2) is 8.44. The number of aromatic nitrogens is 4. The molecule has 4 aromatic rings. The first kappa shape index (κ1) is 18.5. The Morgan fingerprint density at radius 2 is 1.61 bits per heavy atom. The van der Waals surface area contributed by atoms with E-state index in [4.69, 9.17) is 14.7 Å². The SMILES string of the molecule is CCCCOCCCn1c(-c2ccc(F)cc2)nc2nc3ccccc3nc21. The molecule has 0 unspecified atom stereocenters. The largest absolute Gasteiger partial charge is 0.381 e. The second-order valence-electron chi connectivity index (χ2n) is 6.77. The molecular weight excluding hydrogens is 355 g/mol. The lowest BCUT2D eigenvalue weighted by Gasteiger charge is -2.09. The molecule has 0 aliphatic rings. The molecule has 0 aliphatic heterocycles. The van der Waals surface area contributed by atoms with Crippen molar-refractivity contribution in [3.8, 4) is 11.4 Å². The topological polar surface area (TPSA) is 52.8 Å². The maximum absolute atomic E-state index is 13.4. The van der Waals surface area contributed by atoms with E-state index in [-0.39, 0.29) is 5.82 Å². The fraction of sp³-hybridized carbons (Fsp3) is 0.318. The Labute approximate surface area is 163 Å². The van der Waals surface area contributed by atoms with Crippen LogP contribution in [0.2, 0.25) is 0 Å². The van der Waals surface area contributed by atoms with E-state index in [9.17, 15) is 4.39 Å². The molecule has 2 heterocycles. The van der Waals surface area contributed by atoms with Crippen molar-refractivity contribution < 1.29 is 9.13 Å². The normalized spacial score (nSPS) is 11.5. The van der Waals surface area contributed by atoms with Crippen LogP contribution < -0.4 is 0 Å². The summed E-state index contributed by atoms with van der Waals surface area (Å²) in [6.45, 7) is 4.33. The molecule has 28 heavy (non-hydrogen) atoms. The second-order valence-corrected chi connectivity index (χ2v) is 6.77. The third kappa shape index (κ3) is 3.87. The molecule has 4 rings (SSSR count). The number of imidazole rings is 1. The minimum atomic E-state index is -0.266. The van der Waals surface area contributed by atoms with Crippen LogP contribution >= 0.6 is 0 Å². The van der Waals surface area contributed by atoms with Gasteiger partial charge in [-0.05, 0) is 49.2 Å². The number of rotatable bonds is 8. The lowest BCUT2D eigenvalue weighted by atomic mass is 10.2. The molecule has 0 saturated heterocycles. The van der Waals surface area contributed by atoms with E-state index >= 15 is 0 Å². The number of fused-ring (bicyclic) bond motifs is 2. The van der Waals surface area contributed by atoms with Gasteiger partial charge >= 0.3 is 0 Å². The van der Waals surface area contributed by atoms with Gasteiger partial charge in [-0.15, -0.1) is 0 Å². The summed E-state index contributed by atoms with van der Waals surface area (Å²) in [5.74, 6) is 0.483. The molecule has 0 N–H and O–H groups in total. The smallest absolute Gasteiger partial charge is 0.198 e. The van der Waals surface area contributed by atoms with Crippen LogP contribution in [-0.2, 0) is 11.3 Å². The molecule has 0 amide bonds. The summed E-state index contributed by atoms with van der Waals surface area (Å²) in [5, 5.41) is 0. The molecule has 0 spiro atoms. The lowest BCUT2D eigenvalue weighted by Crippen LogP contribution is -2.06. The quantitative estimate of drug-likeness (QED) is 0.405. The molecule has 2 aromatic heterocycles. The highest BCUT2D eigenvalue weighted by atomic mass is 19.1. The van der Waals surface area contributed by atoms with Crippen LogP contribution in [0.1, 0.15) is 26.2 Å². The van der Waals surface area contributed by atoms with Gasteiger partial charge in [0.05, 0.1) is 11.0 Å². The van der Waals surface area contributed by atoms with Crippen molar-refractivity contribution in [2.45, 2.75) is 32.7 Å². The van der Waals surface area contributed by atoms with Gasteiger partial charge in [0.15, 0.2) is 11.3 Å². The van der Waals surface area contributed by atoms with E-state index in [0.29, 0.717) is 18.8 Å². The van der Waals surface area contributed by atoms with Gasteiger partial charge in [-0.1, -0.05) is 25.5 Å². The molecule has 0 fully saturated rings. The number of nitrogens with zero attached hydrogens (tertiary/aromatic N) is 4. The predicted octanol–water partition coefficient (Wildman–Crippen LogP) is 4.99. The highest BCUT2D eigenvalue weighted by Gasteiger charge is 2.16. The van der Waals surface area contributed by atoms with Crippen molar-refractivity contribution in [2.75, 3.05) is 13.2 Å². The Bertz CT molecular complexity index is 1080. The van der Waals surface area contributed by atoms with E-state index in [2.05, 4.69) is 16.5 Å². The average molecular weight is 378 g/mol. The highest BCUT2D eigenvalue weighted by molar-refractivity contribution is 5.84.